The van der Waals surface area contributed by atoms with E-state index in [1.54, 1.807) is 6.11 Å². The van der Waals surface area contributed by atoms with Crippen LogP contribution in [-0.2, 0) is 4.84 Å². The number of hydrogen-bond donors (Lipinski definition) is 0. The molecule has 3 heteroatoms. The highest BCUT2D eigenvalue weighted by Gasteiger charge is 2.23. The first-order valence-electron chi connectivity index (χ1n) is 2.41. The van der Waals surface area contributed by atoms with Gasteiger partial charge in [-0.25, -0.2) is 0 Å². The van der Waals surface area contributed by atoms with E-state index < -0.39 is 0 Å². The van der Waals surface area contributed by atoms with E-state index in [0.717, 1.165) is 7.28 Å². The second-order valence-corrected chi connectivity index (χ2v) is 2.34. The van der Waals surface area contributed by atoms with E-state index in [2.05, 4.69) is 5.16 Å². The summed E-state index contributed by atoms with van der Waals surface area (Å²) >= 11 is 0. The van der Waals surface area contributed by atoms with Gasteiger partial charge in [-0.05, 0) is 13.8 Å². The molecule has 0 bridgehead atoms. The van der Waals surface area contributed by atoms with Gasteiger partial charge in [-0.2, -0.15) is 0 Å². The second kappa shape index (κ2) is 1.25. The van der Waals surface area contributed by atoms with Gasteiger partial charge in [0.05, 0.1) is 0 Å². The molecule has 0 aromatic carbocycles. The predicted octanol–water partition coefficient (Wildman–Crippen LogP) is 0.132. The normalized spacial score (nSPS) is 23.7. The number of nitrogens with zero attached hydrogens (tertiary/aromatic N) is 1. The third kappa shape index (κ3) is 0.949. The molecule has 1 rings (SSSR count). The van der Waals surface area contributed by atoms with Crippen molar-refractivity contribution in [3.05, 3.63) is 0 Å². The molecular weight excluding hydrogens is 88.9 g/mol. The number of oxime groups is 1. The molecule has 0 unspecified atom stereocenters. The summed E-state index contributed by atoms with van der Waals surface area (Å²) in [6.07, 6.45) is 1.79. The largest absolute Gasteiger partial charge is 0.400 e. The third-order valence-corrected chi connectivity index (χ3v) is 0.957. The van der Waals surface area contributed by atoms with Gasteiger partial charge < -0.3 is 4.84 Å². The van der Waals surface area contributed by atoms with E-state index >= 15 is 0 Å². The summed E-state index contributed by atoms with van der Waals surface area (Å²) in [6.45, 7) is 4.03. The fourth-order valence-corrected chi connectivity index (χ4v) is 0.474. The van der Waals surface area contributed by atoms with Gasteiger partial charge in [-0.1, -0.05) is 0 Å². The lowest BCUT2D eigenvalue weighted by atomic mass is 9.65. The molecule has 0 aliphatic carbocycles. The molecule has 0 aromatic rings. The molecule has 0 spiro atoms. The molecule has 7 heavy (non-hydrogen) atoms. The molecule has 0 amide bonds. The van der Waals surface area contributed by atoms with E-state index in [0.29, 0.717) is 0 Å². The van der Waals surface area contributed by atoms with Crippen LogP contribution in [0.1, 0.15) is 13.8 Å². The second-order valence-electron chi connectivity index (χ2n) is 2.34. The van der Waals surface area contributed by atoms with Crippen LogP contribution in [0.2, 0.25) is 0 Å². The molecule has 0 N–H and O–H groups in total. The van der Waals surface area contributed by atoms with Crippen molar-refractivity contribution < 1.29 is 4.84 Å². The smallest absolute Gasteiger partial charge is 0.233 e. The Balaban J connectivity index is 2.49. The maximum atomic E-state index is 4.91. The van der Waals surface area contributed by atoms with Crippen molar-refractivity contribution in [1.82, 2.24) is 0 Å². The standard InChI is InChI=1S/C4H8BNO/c1-4(2)5-3-6-7-4/h3,5H,1-2H3. The zero-order chi connectivity index (χ0) is 5.33. The Kier molecular flexibility index (Phi) is 0.839. The highest BCUT2D eigenvalue weighted by atomic mass is 16.6. The zero-order valence-electron chi connectivity index (χ0n) is 4.64. The molecule has 1 aliphatic rings. The lowest BCUT2D eigenvalue weighted by Crippen LogP contribution is -2.25. The fourth-order valence-electron chi connectivity index (χ4n) is 0.474. The third-order valence-electron chi connectivity index (χ3n) is 0.957. The molecule has 0 saturated carbocycles. The Morgan fingerprint density at radius 1 is 1.71 bits per heavy atom. The molecule has 0 atom stereocenters. The van der Waals surface area contributed by atoms with Crippen molar-refractivity contribution in [3.63, 3.8) is 0 Å². The van der Waals surface area contributed by atoms with Gasteiger partial charge in [0.1, 0.15) is 5.50 Å². The summed E-state index contributed by atoms with van der Waals surface area (Å²) in [5.41, 5.74) is -0.0278. The van der Waals surface area contributed by atoms with Crippen LogP contribution in [0.15, 0.2) is 5.16 Å². The van der Waals surface area contributed by atoms with E-state index in [1.165, 1.54) is 0 Å². The van der Waals surface area contributed by atoms with E-state index in [1.807, 2.05) is 13.8 Å². The number of hydrogen-bond acceptors (Lipinski definition) is 2. The van der Waals surface area contributed by atoms with Crippen LogP contribution in [-0.4, -0.2) is 18.9 Å². The minimum Gasteiger partial charge on any atom is -0.400 e. The molecule has 0 radical (unpaired) electrons. The molecular formula is C4H8BNO. The molecule has 0 saturated heterocycles. The summed E-state index contributed by atoms with van der Waals surface area (Å²) in [6, 6.07) is 0. The Bertz CT molecular complexity index is 89.9. The molecule has 0 aromatic heterocycles. The van der Waals surface area contributed by atoms with Crippen molar-refractivity contribution in [2.24, 2.45) is 5.16 Å². The maximum Gasteiger partial charge on any atom is 0.233 e. The Labute approximate surface area is 43.8 Å². The van der Waals surface area contributed by atoms with Crippen molar-refractivity contribution in [1.29, 1.82) is 0 Å². The van der Waals surface area contributed by atoms with Gasteiger partial charge in [-0.3, -0.25) is 0 Å². The summed E-state index contributed by atoms with van der Waals surface area (Å²) in [4.78, 5) is 4.91. The summed E-state index contributed by atoms with van der Waals surface area (Å²) in [7, 11) is 0.938. The maximum absolute atomic E-state index is 4.91. The lowest BCUT2D eigenvalue weighted by molar-refractivity contribution is 0.0597. The number of rotatable bonds is 0. The fraction of sp³-hybridized carbons (Fsp3) is 0.750. The van der Waals surface area contributed by atoms with E-state index in [-0.39, 0.29) is 5.50 Å². The van der Waals surface area contributed by atoms with Crippen LogP contribution in [0.4, 0.5) is 0 Å². The van der Waals surface area contributed by atoms with Crippen LogP contribution >= 0.6 is 0 Å². The van der Waals surface area contributed by atoms with Crippen LogP contribution in [0.25, 0.3) is 0 Å². The Morgan fingerprint density at radius 3 is 2.57 bits per heavy atom. The van der Waals surface area contributed by atoms with E-state index in [9.17, 15) is 0 Å². The van der Waals surface area contributed by atoms with Crippen molar-refractivity contribution in [2.45, 2.75) is 19.3 Å². The first-order chi connectivity index (χ1) is 3.21. The predicted molar refractivity (Wildman–Crippen MR) is 30.8 cm³/mol. The monoisotopic (exact) mass is 97.1 g/mol. The summed E-state index contributed by atoms with van der Waals surface area (Å²) in [5.74, 6) is 0. The van der Waals surface area contributed by atoms with Gasteiger partial charge in [-0.15, -0.1) is 5.16 Å². The lowest BCUT2D eigenvalue weighted by Gasteiger charge is -2.11. The average molecular weight is 96.9 g/mol. The Morgan fingerprint density at radius 2 is 2.43 bits per heavy atom. The quantitative estimate of drug-likeness (QED) is 0.393. The van der Waals surface area contributed by atoms with Crippen LogP contribution in [0, 0.1) is 0 Å². The molecule has 1 aliphatic heterocycles. The van der Waals surface area contributed by atoms with Gasteiger partial charge in [0.15, 0.2) is 0 Å². The van der Waals surface area contributed by atoms with Crippen molar-refractivity contribution in [3.8, 4) is 0 Å². The van der Waals surface area contributed by atoms with Crippen molar-refractivity contribution >= 4 is 13.4 Å². The van der Waals surface area contributed by atoms with Crippen LogP contribution in [0.5, 0.6) is 0 Å². The minimum atomic E-state index is -0.0278. The molecule has 0 fully saturated rings. The summed E-state index contributed by atoms with van der Waals surface area (Å²) in [5, 5.41) is 3.61. The highest BCUT2D eigenvalue weighted by Crippen LogP contribution is 2.09. The SMILES string of the molecule is CC1(C)BC=NO1. The van der Waals surface area contributed by atoms with Gasteiger partial charge >= 0.3 is 0 Å². The molecule has 1 heterocycles. The van der Waals surface area contributed by atoms with Gasteiger partial charge in [0.2, 0.25) is 7.28 Å². The zero-order valence-corrected chi connectivity index (χ0v) is 4.64. The van der Waals surface area contributed by atoms with Crippen LogP contribution < -0.4 is 0 Å². The minimum absolute atomic E-state index is 0.0278. The topological polar surface area (TPSA) is 21.6 Å². The first-order valence-corrected chi connectivity index (χ1v) is 2.41. The molecule has 2 nitrogen and oxygen atoms in total. The van der Waals surface area contributed by atoms with E-state index in [4.69, 9.17) is 4.84 Å². The average Bonchev–Trinajstić information content (AvgIpc) is 1.84. The Hall–Kier alpha value is -0.465. The first kappa shape index (κ1) is 4.69. The van der Waals surface area contributed by atoms with Crippen LogP contribution in [0.3, 0.4) is 0 Å². The van der Waals surface area contributed by atoms with Gasteiger partial charge in [0.25, 0.3) is 0 Å². The van der Waals surface area contributed by atoms with Gasteiger partial charge in [0, 0.05) is 6.11 Å². The summed E-state index contributed by atoms with van der Waals surface area (Å²) < 4.78 is 0. The highest BCUT2D eigenvalue weighted by molar-refractivity contribution is 6.70. The molecule has 38 valence electrons. The van der Waals surface area contributed by atoms with Crippen molar-refractivity contribution in [2.75, 3.05) is 0 Å².